The summed E-state index contributed by atoms with van der Waals surface area (Å²) in [5.74, 6) is -5.58. The van der Waals surface area contributed by atoms with E-state index in [9.17, 15) is 31.1 Å². The summed E-state index contributed by atoms with van der Waals surface area (Å²) in [6.07, 6.45) is -8.47. The van der Waals surface area contributed by atoms with Crippen molar-refractivity contribution in [1.29, 1.82) is 0 Å². The molecule has 0 saturated carbocycles. The number of carbonyl (C=O) groups excluding carboxylic acids is 3. The van der Waals surface area contributed by atoms with Gasteiger partial charge in [0.15, 0.2) is 0 Å². The van der Waals surface area contributed by atoms with Crippen LogP contribution in [0.2, 0.25) is 0 Å². The summed E-state index contributed by atoms with van der Waals surface area (Å²) in [6, 6.07) is 9.80. The van der Waals surface area contributed by atoms with Gasteiger partial charge in [0.05, 0.1) is 24.4 Å². The molecule has 2 heterocycles. The number of nitrogens with two attached hydrogens (primary N) is 1. The van der Waals surface area contributed by atoms with Gasteiger partial charge >= 0.3 is 12.4 Å². The number of ether oxygens (including phenoxy) is 3. The molecule has 0 aliphatic carbocycles. The first kappa shape index (κ1) is 39.8. The number of rotatable bonds is 8. The van der Waals surface area contributed by atoms with E-state index in [0.717, 1.165) is 11.3 Å². The molecular formula is C29H28F7N5O8-2. The lowest BCUT2D eigenvalue weighted by atomic mass is 9.95. The van der Waals surface area contributed by atoms with Gasteiger partial charge < -0.3 is 50.0 Å². The molecule has 1 aromatic heterocycles. The highest BCUT2D eigenvalue weighted by Gasteiger charge is 2.30. The number of aliphatic carboxylic acids is 2. The molecule has 4 rings (SSSR count). The monoisotopic (exact) mass is 707 g/mol. The lowest BCUT2D eigenvalue weighted by molar-refractivity contribution is -0.344. The van der Waals surface area contributed by atoms with Crippen molar-refractivity contribution in [1.82, 2.24) is 14.9 Å². The first-order valence-electron chi connectivity index (χ1n) is 13.6. The Bertz CT molecular complexity index is 1600. The number of aromatic nitrogens is 2. The van der Waals surface area contributed by atoms with Gasteiger partial charge in [0.1, 0.15) is 48.2 Å². The highest BCUT2D eigenvalue weighted by molar-refractivity contribution is 5.95. The van der Waals surface area contributed by atoms with E-state index in [1.54, 1.807) is 13.2 Å². The van der Waals surface area contributed by atoms with Crippen LogP contribution in [0.3, 0.4) is 0 Å². The fraction of sp³-hybridized carbons (Fsp3) is 0.345. The van der Waals surface area contributed by atoms with E-state index in [4.69, 9.17) is 39.7 Å². The van der Waals surface area contributed by atoms with Crippen molar-refractivity contribution in [3.63, 3.8) is 0 Å². The number of benzene rings is 2. The zero-order chi connectivity index (χ0) is 37.1. The van der Waals surface area contributed by atoms with Gasteiger partial charge in [-0.15, -0.1) is 0 Å². The first-order valence-corrected chi connectivity index (χ1v) is 13.6. The number of carboxylic acid groups (broad SMARTS) is 2. The Labute approximate surface area is 273 Å². The van der Waals surface area contributed by atoms with Crippen molar-refractivity contribution >= 4 is 29.5 Å². The van der Waals surface area contributed by atoms with Gasteiger partial charge in [-0.25, -0.2) is 14.4 Å². The molecule has 1 unspecified atom stereocenters. The van der Waals surface area contributed by atoms with Crippen LogP contribution in [0.25, 0.3) is 11.3 Å². The number of amides is 1. The van der Waals surface area contributed by atoms with E-state index in [1.165, 1.54) is 18.3 Å². The van der Waals surface area contributed by atoms with E-state index in [-0.39, 0.29) is 29.7 Å². The predicted molar refractivity (Wildman–Crippen MR) is 152 cm³/mol. The van der Waals surface area contributed by atoms with Gasteiger partial charge in [-0.1, -0.05) is 0 Å². The summed E-state index contributed by atoms with van der Waals surface area (Å²) >= 11 is 0. The molecule has 268 valence electrons. The van der Waals surface area contributed by atoms with Crippen LogP contribution in [-0.2, 0) is 20.8 Å². The minimum atomic E-state index is -5.19. The number of nitrogen functional groups attached to an aromatic ring is 1. The van der Waals surface area contributed by atoms with Crippen LogP contribution in [0.1, 0.15) is 5.56 Å². The lowest BCUT2D eigenvalue weighted by Crippen LogP contribution is -2.37. The van der Waals surface area contributed by atoms with Crippen molar-refractivity contribution in [3.8, 4) is 28.5 Å². The van der Waals surface area contributed by atoms with Crippen molar-refractivity contribution in [2.45, 2.75) is 18.8 Å². The number of likely N-dealkylation sites (N-methyl/N-ethyl adjacent to an activating group) is 1. The summed E-state index contributed by atoms with van der Waals surface area (Å²) < 4.78 is 95.2. The molecular weight excluding hydrogens is 679 g/mol. The van der Waals surface area contributed by atoms with Gasteiger partial charge in [0, 0.05) is 24.4 Å². The topological polar surface area (TPSA) is 192 Å². The van der Waals surface area contributed by atoms with Crippen LogP contribution >= 0.6 is 0 Å². The standard InChI is InChI=1S/C25H28FN5O4.2C2HF3O2/c1-31(2)8-9-34-23-12-18(20-6-7-28-25(27)30-20)19(26)13-21(23)29-24(32)16-10-15-11-17(33-3)4-5-22(15)35-14-16;2*3-2(4,5)1(6)7/h4-7,11-13,16H,8-10,14H2,1-3H3,(H,29,32)(H2,27,28,30);2*(H,6,7)/p-2. The van der Waals surface area contributed by atoms with E-state index in [0.29, 0.717) is 36.8 Å². The summed E-state index contributed by atoms with van der Waals surface area (Å²) in [7, 11) is 5.42. The number of hydrogen-bond acceptors (Lipinski definition) is 12. The SMILES string of the molecule is COc1ccc2c(c1)CC(C(=O)Nc1cc(F)c(-c3ccnc(N)n3)cc1OCCN(C)C)CO2.O=C([O-])C(F)(F)F.O=C([O-])C(F)(F)F. The van der Waals surface area contributed by atoms with E-state index in [2.05, 4.69) is 15.3 Å². The summed E-state index contributed by atoms with van der Waals surface area (Å²) in [4.78, 5) is 40.6. The molecule has 1 aliphatic heterocycles. The van der Waals surface area contributed by atoms with E-state index in [1.807, 2.05) is 37.2 Å². The van der Waals surface area contributed by atoms with E-state index < -0.39 is 36.0 Å². The molecule has 1 aliphatic rings. The number of methoxy groups -OCH3 is 1. The van der Waals surface area contributed by atoms with E-state index >= 15 is 4.39 Å². The van der Waals surface area contributed by atoms with Crippen LogP contribution < -0.4 is 35.5 Å². The highest BCUT2D eigenvalue weighted by atomic mass is 19.4. The maximum absolute atomic E-state index is 15.1. The molecule has 2 aromatic carbocycles. The second-order valence-electron chi connectivity index (χ2n) is 10.0. The Kier molecular flexibility index (Phi) is 13.9. The number of hydrogen-bond donors (Lipinski definition) is 2. The Morgan fingerprint density at radius 2 is 1.65 bits per heavy atom. The zero-order valence-corrected chi connectivity index (χ0v) is 25.8. The Morgan fingerprint density at radius 1 is 1.04 bits per heavy atom. The Balaban J connectivity index is 0.000000500. The first-order chi connectivity index (χ1) is 22.7. The van der Waals surface area contributed by atoms with Crippen LogP contribution in [0.4, 0.5) is 42.4 Å². The largest absolute Gasteiger partial charge is 0.542 e. The van der Waals surface area contributed by atoms with Crippen molar-refractivity contribution in [2.75, 3.05) is 52.0 Å². The van der Waals surface area contributed by atoms with Crippen LogP contribution in [-0.4, -0.2) is 86.0 Å². The van der Waals surface area contributed by atoms with Gasteiger partial charge in [0.25, 0.3) is 0 Å². The fourth-order valence-electron chi connectivity index (χ4n) is 3.73. The Morgan fingerprint density at radius 3 is 2.18 bits per heavy atom. The summed E-state index contributed by atoms with van der Waals surface area (Å²) in [6.45, 7) is 1.19. The summed E-state index contributed by atoms with van der Waals surface area (Å²) in [5, 5.41) is 20.4. The van der Waals surface area contributed by atoms with Crippen LogP contribution in [0.5, 0.6) is 17.2 Å². The average Bonchev–Trinajstić information content (AvgIpc) is 3.01. The molecule has 3 aromatic rings. The maximum Gasteiger partial charge on any atom is 0.430 e. The second-order valence-corrected chi connectivity index (χ2v) is 10.0. The van der Waals surface area contributed by atoms with Crippen molar-refractivity contribution in [2.24, 2.45) is 5.92 Å². The number of alkyl halides is 6. The fourth-order valence-corrected chi connectivity index (χ4v) is 3.73. The molecule has 1 atom stereocenters. The molecule has 20 heteroatoms. The third-order valence-electron chi connectivity index (χ3n) is 6.08. The van der Waals surface area contributed by atoms with Gasteiger partial charge in [-0.05, 0) is 56.4 Å². The summed E-state index contributed by atoms with van der Waals surface area (Å²) in [5.41, 5.74) is 7.29. The van der Waals surface area contributed by atoms with Crippen molar-refractivity contribution < 1.29 is 69.5 Å². The zero-order valence-electron chi connectivity index (χ0n) is 25.8. The van der Waals surface area contributed by atoms with Crippen LogP contribution in [0, 0.1) is 11.7 Å². The number of anilines is 2. The smallest absolute Gasteiger partial charge is 0.430 e. The molecule has 0 radical (unpaired) electrons. The van der Waals surface area contributed by atoms with Crippen molar-refractivity contribution in [3.05, 3.63) is 54.0 Å². The lowest BCUT2D eigenvalue weighted by Gasteiger charge is -2.25. The minimum Gasteiger partial charge on any atom is -0.542 e. The van der Waals surface area contributed by atoms with Gasteiger partial charge in [-0.2, -0.15) is 26.3 Å². The number of fused-ring (bicyclic) bond motifs is 1. The third kappa shape index (κ3) is 12.6. The number of carbonyl (C=O) groups is 3. The Hall–Kier alpha value is -5.40. The molecule has 13 nitrogen and oxygen atoms in total. The maximum atomic E-state index is 15.1. The van der Waals surface area contributed by atoms with Gasteiger partial charge in [-0.3, -0.25) is 4.79 Å². The normalized spacial score (nSPS) is 13.7. The number of halogens is 7. The number of carboxylic acids is 2. The molecule has 0 saturated heterocycles. The predicted octanol–water partition coefficient (Wildman–Crippen LogP) is 1.60. The third-order valence-corrected chi connectivity index (χ3v) is 6.08. The number of nitrogens with zero attached hydrogens (tertiary/aromatic N) is 3. The quantitative estimate of drug-likeness (QED) is 0.322. The highest BCUT2D eigenvalue weighted by Crippen LogP contribution is 2.35. The molecule has 49 heavy (non-hydrogen) atoms. The minimum absolute atomic E-state index is 0.0311. The number of nitrogens with one attached hydrogen (secondary N) is 1. The average molecular weight is 708 g/mol. The second kappa shape index (κ2) is 17.1. The van der Waals surface area contributed by atoms with Crippen LogP contribution in [0.15, 0.2) is 42.6 Å². The molecule has 1 amide bonds. The van der Waals surface area contributed by atoms with Gasteiger partial charge in [0.2, 0.25) is 11.9 Å². The molecule has 0 fully saturated rings. The molecule has 3 N–H and O–H groups in total. The molecule has 0 bridgehead atoms. The molecule has 0 spiro atoms.